The highest BCUT2D eigenvalue weighted by molar-refractivity contribution is 6.04. The van der Waals surface area contributed by atoms with Crippen molar-refractivity contribution in [2.24, 2.45) is 7.05 Å². The smallest absolute Gasteiger partial charge is 0.286 e. The van der Waals surface area contributed by atoms with Crippen molar-refractivity contribution in [2.45, 2.75) is 19.8 Å². The van der Waals surface area contributed by atoms with Crippen LogP contribution < -0.4 is 15.8 Å². The molecular formula is C25H26F2N4O3. The molecule has 1 aromatic carbocycles. The second-order valence-electron chi connectivity index (χ2n) is 8.40. The minimum atomic E-state index is -3.15. The Kier molecular flexibility index (Phi) is 6.47. The van der Waals surface area contributed by atoms with Gasteiger partial charge in [0, 0.05) is 50.6 Å². The number of hydrogen-bond donors (Lipinski definition) is 1. The minimum Gasteiger partial charge on any atom is -0.378 e. The van der Waals surface area contributed by atoms with E-state index in [4.69, 9.17) is 4.74 Å². The van der Waals surface area contributed by atoms with Gasteiger partial charge in [0.25, 0.3) is 17.4 Å². The summed E-state index contributed by atoms with van der Waals surface area (Å²) in [5, 5.41) is 2.76. The zero-order chi connectivity index (χ0) is 24.5. The van der Waals surface area contributed by atoms with E-state index in [-0.39, 0.29) is 11.1 Å². The SMILES string of the molecule is Cc1ccc(NC(=O)c2ccnc(C(C)(F)F)c2)cc1-c1cc(N2CCOCC2)n(C)c(=O)c1. The number of amides is 1. The largest absolute Gasteiger partial charge is 0.378 e. The average molecular weight is 469 g/mol. The molecule has 0 atom stereocenters. The van der Waals surface area contributed by atoms with Gasteiger partial charge >= 0.3 is 0 Å². The summed E-state index contributed by atoms with van der Waals surface area (Å²) < 4.78 is 34.2. The lowest BCUT2D eigenvalue weighted by Crippen LogP contribution is -2.39. The van der Waals surface area contributed by atoms with Crippen LogP contribution in [0.4, 0.5) is 20.3 Å². The molecule has 0 radical (unpaired) electrons. The van der Waals surface area contributed by atoms with Crippen LogP contribution in [0.15, 0.2) is 53.5 Å². The monoisotopic (exact) mass is 468 g/mol. The molecule has 3 aromatic rings. The van der Waals surface area contributed by atoms with E-state index in [9.17, 15) is 18.4 Å². The standard InChI is InChI=1S/C25H26F2N4O3/c1-16-4-5-19(29-24(33)17-6-7-28-21(12-17)25(2,26)27)15-20(16)18-13-22(30(3)23(32)14-18)31-8-10-34-11-9-31/h4-7,12-15H,8-11H2,1-3H3,(H,29,33). The number of nitrogens with one attached hydrogen (secondary N) is 1. The molecule has 4 rings (SSSR count). The van der Waals surface area contributed by atoms with Crippen molar-refractivity contribution in [1.29, 1.82) is 0 Å². The van der Waals surface area contributed by atoms with Crippen LogP contribution >= 0.6 is 0 Å². The van der Waals surface area contributed by atoms with Crippen molar-refractivity contribution in [3.63, 3.8) is 0 Å². The Morgan fingerprint density at radius 3 is 2.56 bits per heavy atom. The van der Waals surface area contributed by atoms with Crippen molar-refractivity contribution < 1.29 is 18.3 Å². The van der Waals surface area contributed by atoms with E-state index in [2.05, 4.69) is 15.2 Å². The molecular weight excluding hydrogens is 442 g/mol. The van der Waals surface area contributed by atoms with Crippen molar-refractivity contribution in [3.8, 4) is 11.1 Å². The number of halogens is 2. The topological polar surface area (TPSA) is 76.5 Å². The summed E-state index contributed by atoms with van der Waals surface area (Å²) in [7, 11) is 1.74. The lowest BCUT2D eigenvalue weighted by molar-refractivity contribution is 0.0127. The first-order valence-corrected chi connectivity index (χ1v) is 10.9. The highest BCUT2D eigenvalue weighted by Gasteiger charge is 2.27. The molecule has 0 spiro atoms. The lowest BCUT2D eigenvalue weighted by Gasteiger charge is -2.30. The first-order chi connectivity index (χ1) is 16.1. The molecule has 2 aromatic heterocycles. The number of carbonyl (C=O) groups is 1. The third kappa shape index (κ3) is 4.99. The number of aromatic nitrogens is 2. The molecule has 1 N–H and O–H groups in total. The molecule has 3 heterocycles. The van der Waals surface area contributed by atoms with Gasteiger partial charge in [0.05, 0.1) is 13.2 Å². The van der Waals surface area contributed by atoms with E-state index in [0.717, 1.165) is 35.5 Å². The Morgan fingerprint density at radius 1 is 1.12 bits per heavy atom. The molecule has 0 unspecified atom stereocenters. The second-order valence-corrected chi connectivity index (χ2v) is 8.40. The van der Waals surface area contributed by atoms with E-state index in [1.54, 1.807) is 29.8 Å². The predicted octanol–water partition coefficient (Wildman–Crippen LogP) is 3.96. The highest BCUT2D eigenvalue weighted by Crippen LogP contribution is 2.29. The molecule has 1 saturated heterocycles. The maximum absolute atomic E-state index is 13.6. The second kappa shape index (κ2) is 9.34. The van der Waals surface area contributed by atoms with E-state index in [0.29, 0.717) is 32.0 Å². The summed E-state index contributed by atoms with van der Waals surface area (Å²) >= 11 is 0. The quantitative estimate of drug-likeness (QED) is 0.614. The Morgan fingerprint density at radius 2 is 1.85 bits per heavy atom. The normalized spacial score (nSPS) is 14.2. The first kappa shape index (κ1) is 23.6. The van der Waals surface area contributed by atoms with Gasteiger partial charge in [-0.3, -0.25) is 19.1 Å². The molecule has 34 heavy (non-hydrogen) atoms. The van der Waals surface area contributed by atoms with Crippen molar-refractivity contribution in [3.05, 3.63) is 75.8 Å². The Hall–Kier alpha value is -3.59. The molecule has 0 bridgehead atoms. The Balaban J connectivity index is 1.65. The third-order valence-corrected chi connectivity index (χ3v) is 5.85. The van der Waals surface area contributed by atoms with Gasteiger partial charge in [0.2, 0.25) is 0 Å². The number of nitrogens with zero attached hydrogens (tertiary/aromatic N) is 3. The molecule has 1 aliphatic rings. The minimum absolute atomic E-state index is 0.0804. The van der Waals surface area contributed by atoms with Gasteiger partial charge in [-0.25, -0.2) is 0 Å². The summed E-state index contributed by atoms with van der Waals surface area (Å²) in [5.41, 5.74) is 2.40. The number of hydrogen-bond acceptors (Lipinski definition) is 5. The summed E-state index contributed by atoms with van der Waals surface area (Å²) in [6.45, 7) is 5.23. The zero-order valence-corrected chi connectivity index (χ0v) is 19.3. The molecule has 178 valence electrons. The summed E-state index contributed by atoms with van der Waals surface area (Å²) in [5.74, 6) is -2.88. The van der Waals surface area contributed by atoms with Gasteiger partial charge < -0.3 is 15.0 Å². The van der Waals surface area contributed by atoms with Crippen LogP contribution in [-0.2, 0) is 17.7 Å². The molecule has 9 heteroatoms. The fraction of sp³-hybridized carbons (Fsp3) is 0.320. The number of morpholine rings is 1. The maximum Gasteiger partial charge on any atom is 0.286 e. The van der Waals surface area contributed by atoms with Crippen LogP contribution in [0.25, 0.3) is 11.1 Å². The number of aryl methyl sites for hydroxylation is 1. The summed E-state index contributed by atoms with van der Waals surface area (Å²) in [6.07, 6.45) is 1.19. The first-order valence-electron chi connectivity index (χ1n) is 10.9. The van der Waals surface area contributed by atoms with Crippen molar-refractivity contribution in [1.82, 2.24) is 9.55 Å². The number of anilines is 2. The number of benzene rings is 1. The van der Waals surface area contributed by atoms with Gasteiger partial charge in [0.15, 0.2) is 0 Å². The molecule has 0 saturated carbocycles. The fourth-order valence-electron chi connectivity index (χ4n) is 3.90. The molecule has 1 fully saturated rings. The number of pyridine rings is 2. The van der Waals surface area contributed by atoms with Crippen LogP contribution in [0.5, 0.6) is 0 Å². The van der Waals surface area contributed by atoms with Crippen molar-refractivity contribution >= 4 is 17.4 Å². The van der Waals surface area contributed by atoms with Crippen LogP contribution in [-0.4, -0.2) is 41.8 Å². The number of ether oxygens (including phenoxy) is 1. The number of rotatable bonds is 5. The average Bonchev–Trinajstić information content (AvgIpc) is 2.82. The van der Waals surface area contributed by atoms with E-state index in [1.807, 2.05) is 19.1 Å². The Labute approximate surface area is 196 Å². The van der Waals surface area contributed by atoms with Gasteiger partial charge in [0.1, 0.15) is 11.5 Å². The zero-order valence-electron chi connectivity index (χ0n) is 19.3. The van der Waals surface area contributed by atoms with Gasteiger partial charge in [-0.15, -0.1) is 0 Å². The van der Waals surface area contributed by atoms with Crippen LogP contribution in [0.3, 0.4) is 0 Å². The van der Waals surface area contributed by atoms with Gasteiger partial charge in [-0.2, -0.15) is 8.78 Å². The lowest BCUT2D eigenvalue weighted by atomic mass is 10.00. The van der Waals surface area contributed by atoms with Gasteiger partial charge in [-0.05, 0) is 53.9 Å². The van der Waals surface area contributed by atoms with Gasteiger partial charge in [-0.1, -0.05) is 6.07 Å². The molecule has 7 nitrogen and oxygen atoms in total. The maximum atomic E-state index is 13.6. The van der Waals surface area contributed by atoms with Crippen molar-refractivity contribution in [2.75, 3.05) is 36.5 Å². The van der Waals surface area contributed by atoms with E-state index >= 15 is 0 Å². The van der Waals surface area contributed by atoms with Crippen LogP contribution in [0.1, 0.15) is 28.5 Å². The Bertz CT molecular complexity index is 1280. The summed E-state index contributed by atoms with van der Waals surface area (Å²) in [6, 6.07) is 11.3. The number of alkyl halides is 2. The molecule has 1 amide bonds. The fourth-order valence-corrected chi connectivity index (χ4v) is 3.90. The molecule has 0 aliphatic carbocycles. The highest BCUT2D eigenvalue weighted by atomic mass is 19.3. The third-order valence-electron chi connectivity index (χ3n) is 5.85. The predicted molar refractivity (Wildman–Crippen MR) is 127 cm³/mol. The van der Waals surface area contributed by atoms with E-state index in [1.165, 1.54) is 12.3 Å². The van der Waals surface area contributed by atoms with E-state index < -0.39 is 17.5 Å². The number of carbonyl (C=O) groups excluding carboxylic acids is 1. The van der Waals surface area contributed by atoms with Crippen LogP contribution in [0.2, 0.25) is 0 Å². The summed E-state index contributed by atoms with van der Waals surface area (Å²) in [4.78, 5) is 31.2. The van der Waals surface area contributed by atoms with Crippen LogP contribution in [0, 0.1) is 6.92 Å². The molecule has 1 aliphatic heterocycles.